The number of nitrogens with one attached hydrogen (secondary N) is 1. The molecule has 0 radical (unpaired) electrons. The molecule has 0 aliphatic heterocycles. The first kappa shape index (κ1) is 22.6. The van der Waals surface area contributed by atoms with Crippen LogP contribution in [0.4, 0.5) is 52.7 Å². The number of fused-ring (bicyclic) bond motifs is 1. The molecule has 0 aliphatic carbocycles. The van der Waals surface area contributed by atoms with Crippen molar-refractivity contribution in [1.82, 2.24) is 4.98 Å². The Morgan fingerprint density at radius 2 is 0.545 bits per heavy atom. The van der Waals surface area contributed by atoms with Crippen LogP contribution in [0.1, 0.15) is 0 Å². The molecular weight excluding hydrogens is 482 g/mol. The summed E-state index contributed by atoms with van der Waals surface area (Å²) in [6.45, 7) is 0. The molecule has 0 fully saturated rings. The maximum atomic E-state index is 15.2. The summed E-state index contributed by atoms with van der Waals surface area (Å²) < 4.78 is 170. The first-order valence-corrected chi connectivity index (χ1v) is 8.42. The number of benzene rings is 3. The Morgan fingerprint density at radius 3 is 0.818 bits per heavy atom. The number of hydrogen-bond donors (Lipinski definition) is 1. The minimum atomic E-state index is -2.72. The lowest BCUT2D eigenvalue weighted by Crippen LogP contribution is -2.10. The Balaban J connectivity index is 2.33. The highest BCUT2D eigenvalue weighted by Gasteiger charge is 2.36. The van der Waals surface area contributed by atoms with Crippen molar-refractivity contribution >= 4 is 10.8 Å². The first-order valence-electron chi connectivity index (χ1n) is 8.42. The number of hydrogen-bond acceptors (Lipinski definition) is 0. The molecule has 13 heteroatoms. The van der Waals surface area contributed by atoms with Gasteiger partial charge in [-0.15, -0.1) is 0 Å². The van der Waals surface area contributed by atoms with Gasteiger partial charge in [0, 0.05) is 34.3 Å². The lowest BCUT2D eigenvalue weighted by molar-refractivity contribution is 0.379. The molecule has 4 rings (SSSR count). The average Bonchev–Trinajstić information content (AvgIpc) is 3.29. The fourth-order valence-electron chi connectivity index (χ4n) is 3.33. The van der Waals surface area contributed by atoms with Crippen LogP contribution < -0.4 is 0 Å². The third-order valence-electron chi connectivity index (χ3n) is 4.83. The number of H-pyrrole nitrogens is 1. The van der Waals surface area contributed by atoms with Gasteiger partial charge in [0.05, 0.1) is 11.1 Å². The second kappa shape index (κ2) is 7.46. The number of aromatic amines is 1. The summed E-state index contributed by atoms with van der Waals surface area (Å²) in [4.78, 5) is 2.13. The molecule has 0 spiro atoms. The second-order valence-electron chi connectivity index (χ2n) is 6.55. The van der Waals surface area contributed by atoms with Crippen LogP contribution in [-0.2, 0) is 0 Å². The largest absolute Gasteiger partial charge is 0.366 e. The van der Waals surface area contributed by atoms with Gasteiger partial charge in [-0.25, -0.2) is 52.7 Å². The topological polar surface area (TPSA) is 15.8 Å². The van der Waals surface area contributed by atoms with E-state index in [1.807, 2.05) is 0 Å². The molecule has 0 atom stereocenters. The average molecular weight is 485 g/mol. The summed E-state index contributed by atoms with van der Waals surface area (Å²) in [6.07, 6.45) is 1.32. The third kappa shape index (κ3) is 2.91. The van der Waals surface area contributed by atoms with E-state index in [0.29, 0.717) is 12.4 Å². The van der Waals surface area contributed by atoms with Crippen molar-refractivity contribution in [1.29, 1.82) is 0 Å². The van der Waals surface area contributed by atoms with Gasteiger partial charge in [-0.2, -0.15) is 0 Å². The monoisotopic (exact) mass is 485 g/mol. The second-order valence-corrected chi connectivity index (χ2v) is 6.55. The van der Waals surface area contributed by atoms with Crippen LogP contribution in [0.5, 0.6) is 0 Å². The summed E-state index contributed by atoms with van der Waals surface area (Å²) in [6, 6.07) is 0. The molecule has 1 heterocycles. The van der Waals surface area contributed by atoms with Crippen molar-refractivity contribution in [3.8, 4) is 22.3 Å². The molecule has 0 aliphatic rings. The SMILES string of the molecule is Fc1c(F)c(F)c(-c2c(-c3c(F)c(F)c(F)c(F)c3F)c(F)c3c[nH]cc3c2F)c(F)c1F. The standard InChI is InChI=1S/C20H3F12N/c21-9-3-1-33-2-4(3)10(22)6(8-13(25)17(29)20(32)18(30)14(8)26)5(9)7-11(23)15(27)19(31)16(28)12(7)24/h1-2,33H. The van der Waals surface area contributed by atoms with E-state index < -0.39 is 103 Å². The van der Waals surface area contributed by atoms with Gasteiger partial charge in [-0.1, -0.05) is 0 Å². The van der Waals surface area contributed by atoms with Crippen LogP contribution >= 0.6 is 0 Å². The fraction of sp³-hybridized carbons (Fsp3) is 0. The van der Waals surface area contributed by atoms with Crippen LogP contribution in [0.3, 0.4) is 0 Å². The zero-order chi connectivity index (χ0) is 24.5. The molecule has 4 aromatic rings. The molecule has 1 nitrogen and oxygen atoms in total. The number of rotatable bonds is 2. The molecule has 0 unspecified atom stereocenters. The Morgan fingerprint density at radius 1 is 0.303 bits per heavy atom. The highest BCUT2D eigenvalue weighted by atomic mass is 19.2. The van der Waals surface area contributed by atoms with E-state index in [9.17, 15) is 43.9 Å². The van der Waals surface area contributed by atoms with Gasteiger partial charge in [0.2, 0.25) is 11.6 Å². The predicted octanol–water partition coefficient (Wildman–Crippen LogP) is 7.17. The van der Waals surface area contributed by atoms with Crippen LogP contribution in [0, 0.1) is 69.8 Å². The zero-order valence-corrected chi connectivity index (χ0v) is 15.2. The molecular formula is C20H3F12N. The van der Waals surface area contributed by atoms with Gasteiger partial charge in [-0.3, -0.25) is 0 Å². The smallest absolute Gasteiger partial charge is 0.200 e. The number of halogens is 12. The van der Waals surface area contributed by atoms with Crippen LogP contribution in [0.25, 0.3) is 33.0 Å². The van der Waals surface area contributed by atoms with Crippen molar-refractivity contribution in [2.24, 2.45) is 0 Å². The van der Waals surface area contributed by atoms with Gasteiger partial charge < -0.3 is 4.98 Å². The zero-order valence-electron chi connectivity index (χ0n) is 15.2. The van der Waals surface area contributed by atoms with Crippen LogP contribution in [-0.4, -0.2) is 4.98 Å². The molecule has 172 valence electrons. The van der Waals surface area contributed by atoms with Crippen molar-refractivity contribution in [2.45, 2.75) is 0 Å². The Bertz CT molecular complexity index is 1320. The molecule has 1 N–H and O–H groups in total. The molecule has 0 bridgehead atoms. The molecule has 0 amide bonds. The van der Waals surface area contributed by atoms with Crippen molar-refractivity contribution in [3.63, 3.8) is 0 Å². The Labute approximate surface area is 173 Å². The van der Waals surface area contributed by atoms with E-state index in [0.717, 1.165) is 0 Å². The van der Waals surface area contributed by atoms with Gasteiger partial charge in [0.15, 0.2) is 46.5 Å². The number of aromatic nitrogens is 1. The van der Waals surface area contributed by atoms with E-state index in [1.54, 1.807) is 0 Å². The maximum Gasteiger partial charge on any atom is 0.200 e. The van der Waals surface area contributed by atoms with Crippen molar-refractivity contribution < 1.29 is 52.7 Å². The lowest BCUT2D eigenvalue weighted by Gasteiger charge is -2.18. The third-order valence-corrected chi connectivity index (χ3v) is 4.83. The summed E-state index contributed by atoms with van der Waals surface area (Å²) in [7, 11) is 0. The quantitative estimate of drug-likeness (QED) is 0.176. The highest BCUT2D eigenvalue weighted by molar-refractivity contribution is 5.98. The molecule has 1 aromatic heterocycles. The van der Waals surface area contributed by atoms with Gasteiger partial charge in [0.1, 0.15) is 11.6 Å². The minimum absolute atomic E-state index is 0.658. The van der Waals surface area contributed by atoms with Crippen LogP contribution in [0.15, 0.2) is 12.4 Å². The fourth-order valence-corrected chi connectivity index (χ4v) is 3.33. The lowest BCUT2D eigenvalue weighted by atomic mass is 9.89. The normalized spacial score (nSPS) is 11.6. The van der Waals surface area contributed by atoms with Gasteiger partial charge >= 0.3 is 0 Å². The van der Waals surface area contributed by atoms with Crippen molar-refractivity contribution in [2.75, 3.05) is 0 Å². The van der Waals surface area contributed by atoms with Gasteiger partial charge in [0.25, 0.3) is 0 Å². The molecule has 0 saturated heterocycles. The molecule has 3 aromatic carbocycles. The predicted molar refractivity (Wildman–Crippen MR) is 88.7 cm³/mol. The van der Waals surface area contributed by atoms with Crippen molar-refractivity contribution in [3.05, 3.63) is 82.2 Å². The maximum absolute atomic E-state index is 15.2. The minimum Gasteiger partial charge on any atom is -0.366 e. The first-order chi connectivity index (χ1) is 15.4. The van der Waals surface area contributed by atoms with E-state index in [4.69, 9.17) is 0 Å². The Kier molecular flexibility index (Phi) is 5.10. The molecule has 0 saturated carbocycles. The Hall–Kier alpha value is -3.64. The van der Waals surface area contributed by atoms with E-state index in [-0.39, 0.29) is 0 Å². The van der Waals surface area contributed by atoms with E-state index in [2.05, 4.69) is 4.98 Å². The molecule has 33 heavy (non-hydrogen) atoms. The summed E-state index contributed by atoms with van der Waals surface area (Å²) in [5, 5.41) is -1.78. The van der Waals surface area contributed by atoms with E-state index >= 15 is 8.78 Å². The summed E-state index contributed by atoms with van der Waals surface area (Å²) in [5.74, 6) is -30.9. The summed E-state index contributed by atoms with van der Waals surface area (Å²) in [5.41, 5.74) is -8.30. The highest BCUT2D eigenvalue weighted by Crippen LogP contribution is 2.46. The van der Waals surface area contributed by atoms with E-state index in [1.165, 1.54) is 0 Å². The van der Waals surface area contributed by atoms with Crippen LogP contribution in [0.2, 0.25) is 0 Å². The van der Waals surface area contributed by atoms with Gasteiger partial charge in [-0.05, 0) is 0 Å². The summed E-state index contributed by atoms with van der Waals surface area (Å²) >= 11 is 0.